The summed E-state index contributed by atoms with van der Waals surface area (Å²) in [6.45, 7) is 4.14. The van der Waals surface area contributed by atoms with Crippen LogP contribution in [0.5, 0.6) is 5.75 Å². The number of benzene rings is 2. The first-order valence-electron chi connectivity index (χ1n) is 12.4. The molecule has 1 amide bonds. The number of amides is 1. The molecule has 0 spiro atoms. The molecule has 4 saturated carbocycles. The van der Waals surface area contributed by atoms with Gasteiger partial charge in [-0.05, 0) is 123 Å². The molecule has 5 aliphatic rings. The van der Waals surface area contributed by atoms with Crippen molar-refractivity contribution in [1.82, 2.24) is 0 Å². The fraction of sp³-hybridized carbons (Fsp3) is 0.448. The molecule has 5 fully saturated rings. The minimum absolute atomic E-state index is 0.0551. The Bertz CT molecular complexity index is 1200. The minimum atomic E-state index is -0.0551. The number of ether oxygens (including phenoxy) is 1. The minimum Gasteiger partial charge on any atom is -0.496 e. The number of aryl methyl sites for hydroxylation is 2. The van der Waals surface area contributed by atoms with Gasteiger partial charge in [0.15, 0.2) is 4.32 Å². The van der Waals surface area contributed by atoms with E-state index >= 15 is 0 Å². The summed E-state index contributed by atoms with van der Waals surface area (Å²) in [4.78, 5) is 15.7. The van der Waals surface area contributed by atoms with E-state index in [9.17, 15) is 4.79 Å². The van der Waals surface area contributed by atoms with Crippen molar-refractivity contribution in [1.29, 1.82) is 0 Å². The Balaban J connectivity index is 1.35. The zero-order valence-corrected chi connectivity index (χ0v) is 21.7. The van der Waals surface area contributed by atoms with Crippen LogP contribution in [0.3, 0.4) is 0 Å². The molecule has 3 nitrogen and oxygen atoms in total. The highest BCUT2D eigenvalue weighted by atomic mass is 32.2. The lowest BCUT2D eigenvalue weighted by atomic mass is 9.48. The second kappa shape index (κ2) is 8.23. The topological polar surface area (TPSA) is 29.5 Å². The highest BCUT2D eigenvalue weighted by Gasteiger charge is 2.51. The predicted molar refractivity (Wildman–Crippen MR) is 144 cm³/mol. The fourth-order valence-corrected chi connectivity index (χ4v) is 8.63. The van der Waals surface area contributed by atoms with Crippen LogP contribution in [-0.2, 0) is 10.2 Å². The second-order valence-electron chi connectivity index (χ2n) is 10.9. The first-order valence-corrected chi connectivity index (χ1v) is 13.6. The normalized spacial score (nSPS) is 31.1. The Morgan fingerprint density at radius 1 is 1.00 bits per heavy atom. The number of thioether (sulfide) groups is 1. The number of anilines is 1. The first kappa shape index (κ1) is 22.4. The molecule has 0 radical (unpaired) electrons. The molecule has 5 heteroatoms. The number of rotatable bonds is 4. The molecular formula is C29H31NO2S2. The van der Waals surface area contributed by atoms with Crippen molar-refractivity contribution in [2.75, 3.05) is 12.0 Å². The third-order valence-corrected chi connectivity index (χ3v) is 10.0. The van der Waals surface area contributed by atoms with Gasteiger partial charge in [-0.25, -0.2) is 0 Å². The van der Waals surface area contributed by atoms with Crippen molar-refractivity contribution in [3.63, 3.8) is 0 Å². The number of methoxy groups -OCH3 is 1. The van der Waals surface area contributed by atoms with Crippen molar-refractivity contribution < 1.29 is 9.53 Å². The van der Waals surface area contributed by atoms with Crippen LogP contribution in [0.25, 0.3) is 6.08 Å². The van der Waals surface area contributed by atoms with Crippen molar-refractivity contribution in [3.05, 3.63) is 63.6 Å². The predicted octanol–water partition coefficient (Wildman–Crippen LogP) is 7.19. The summed E-state index contributed by atoms with van der Waals surface area (Å²) in [5.41, 5.74) is 5.92. The van der Waals surface area contributed by atoms with Crippen LogP contribution in [0, 0.1) is 31.6 Å². The second-order valence-corrected chi connectivity index (χ2v) is 12.6. The lowest BCUT2D eigenvalue weighted by molar-refractivity contribution is -0.113. The summed E-state index contributed by atoms with van der Waals surface area (Å²) in [6, 6.07) is 12.7. The van der Waals surface area contributed by atoms with E-state index in [4.69, 9.17) is 17.0 Å². The third-order valence-electron chi connectivity index (χ3n) is 8.71. The molecule has 2 aromatic rings. The molecule has 0 unspecified atom stereocenters. The van der Waals surface area contributed by atoms with E-state index in [2.05, 4.69) is 32.0 Å². The highest BCUT2D eigenvalue weighted by Crippen LogP contribution is 2.61. The van der Waals surface area contributed by atoms with Crippen molar-refractivity contribution in [2.45, 2.75) is 57.8 Å². The number of thiocarbonyl (C=S) groups is 1. The molecule has 1 aliphatic heterocycles. The van der Waals surface area contributed by atoms with Crippen molar-refractivity contribution in [2.24, 2.45) is 17.8 Å². The zero-order chi connectivity index (χ0) is 23.6. The van der Waals surface area contributed by atoms with Crippen molar-refractivity contribution in [3.8, 4) is 5.75 Å². The summed E-state index contributed by atoms with van der Waals surface area (Å²) in [5.74, 6) is 3.44. The Labute approximate surface area is 211 Å². The van der Waals surface area contributed by atoms with Gasteiger partial charge in [0.05, 0.1) is 17.7 Å². The molecule has 4 bridgehead atoms. The maximum absolute atomic E-state index is 13.4. The number of hydrogen-bond acceptors (Lipinski definition) is 4. The quantitative estimate of drug-likeness (QED) is 0.336. The molecular weight excluding hydrogens is 458 g/mol. The molecule has 34 heavy (non-hydrogen) atoms. The summed E-state index contributed by atoms with van der Waals surface area (Å²) >= 11 is 7.01. The molecule has 1 heterocycles. The molecule has 0 N–H and O–H groups in total. The van der Waals surface area contributed by atoms with E-state index in [0.29, 0.717) is 14.6 Å². The van der Waals surface area contributed by atoms with E-state index in [0.717, 1.165) is 40.3 Å². The summed E-state index contributed by atoms with van der Waals surface area (Å²) in [5, 5.41) is 0. The monoisotopic (exact) mass is 489 g/mol. The smallest absolute Gasteiger partial charge is 0.270 e. The van der Waals surface area contributed by atoms with E-state index in [1.54, 1.807) is 12.0 Å². The van der Waals surface area contributed by atoms with Crippen LogP contribution in [-0.4, -0.2) is 17.3 Å². The molecule has 4 aliphatic carbocycles. The van der Waals surface area contributed by atoms with Gasteiger partial charge < -0.3 is 4.74 Å². The van der Waals surface area contributed by atoms with Gasteiger partial charge in [0.25, 0.3) is 5.91 Å². The zero-order valence-electron chi connectivity index (χ0n) is 20.1. The van der Waals surface area contributed by atoms with Gasteiger partial charge in [-0.3, -0.25) is 9.69 Å². The van der Waals surface area contributed by atoms with Crippen LogP contribution < -0.4 is 9.64 Å². The molecule has 0 aromatic heterocycles. The van der Waals surface area contributed by atoms with E-state index in [1.807, 2.05) is 24.3 Å². The number of hydrogen-bond donors (Lipinski definition) is 0. The van der Waals surface area contributed by atoms with Gasteiger partial charge in [-0.2, -0.15) is 0 Å². The Kier molecular flexibility index (Phi) is 5.42. The SMILES string of the molecule is COc1ccc(C23CC4CC(CC(C4)C2)C3)cc1/C=C1/SC(=S)N(c2ccc(C)c(C)c2)C1=O. The average molecular weight is 490 g/mol. The Hall–Kier alpha value is -2.11. The maximum Gasteiger partial charge on any atom is 0.270 e. The van der Waals surface area contributed by atoms with Crippen LogP contribution >= 0.6 is 24.0 Å². The van der Waals surface area contributed by atoms with Crippen LogP contribution in [0.4, 0.5) is 5.69 Å². The number of carbonyl (C=O) groups is 1. The van der Waals surface area contributed by atoms with E-state index in [1.165, 1.54) is 61.4 Å². The first-order chi connectivity index (χ1) is 16.3. The molecule has 2 aromatic carbocycles. The highest BCUT2D eigenvalue weighted by molar-refractivity contribution is 8.27. The van der Waals surface area contributed by atoms with E-state index in [-0.39, 0.29) is 5.91 Å². The maximum atomic E-state index is 13.4. The average Bonchev–Trinajstić information content (AvgIpc) is 3.07. The van der Waals surface area contributed by atoms with E-state index < -0.39 is 0 Å². The van der Waals surface area contributed by atoms with Gasteiger partial charge in [-0.1, -0.05) is 36.1 Å². The lowest BCUT2D eigenvalue weighted by Gasteiger charge is -2.57. The van der Waals surface area contributed by atoms with Gasteiger partial charge >= 0.3 is 0 Å². The van der Waals surface area contributed by atoms with Gasteiger partial charge in [0.2, 0.25) is 0 Å². The molecule has 0 atom stereocenters. The van der Waals surface area contributed by atoms with Crippen molar-refractivity contribution >= 4 is 46.0 Å². The standard InChI is InChI=1S/C29H31NO2S2/c1-17-4-6-24(8-18(17)2)30-27(31)26(34-28(30)33)13-22-12-23(5-7-25(22)32-3)29-14-19-9-20(15-29)11-21(10-19)16-29/h4-8,12-13,19-21H,9-11,14-16H2,1-3H3/b26-13+. The summed E-state index contributed by atoms with van der Waals surface area (Å²) in [6.07, 6.45) is 10.2. The Morgan fingerprint density at radius 3 is 2.29 bits per heavy atom. The van der Waals surface area contributed by atoms with Gasteiger partial charge in [0.1, 0.15) is 5.75 Å². The molecule has 176 valence electrons. The van der Waals surface area contributed by atoms with Gasteiger partial charge in [-0.15, -0.1) is 0 Å². The number of carbonyl (C=O) groups excluding carboxylic acids is 1. The van der Waals surface area contributed by atoms with Gasteiger partial charge in [0, 0.05) is 5.56 Å². The molecule has 7 rings (SSSR count). The lowest BCUT2D eigenvalue weighted by Crippen LogP contribution is -2.48. The Morgan fingerprint density at radius 2 is 1.68 bits per heavy atom. The van der Waals surface area contributed by atoms with Crippen LogP contribution in [0.2, 0.25) is 0 Å². The number of nitrogens with zero attached hydrogens (tertiary/aromatic N) is 1. The molecule has 1 saturated heterocycles. The largest absolute Gasteiger partial charge is 0.496 e. The third kappa shape index (κ3) is 3.63. The van der Waals surface area contributed by atoms with Crippen LogP contribution in [0.1, 0.15) is 60.8 Å². The fourth-order valence-electron chi connectivity index (χ4n) is 7.34. The summed E-state index contributed by atoms with van der Waals surface area (Å²) in [7, 11) is 1.71. The van der Waals surface area contributed by atoms with Crippen LogP contribution in [0.15, 0.2) is 41.3 Å². The summed E-state index contributed by atoms with van der Waals surface area (Å²) < 4.78 is 6.30.